The van der Waals surface area contributed by atoms with Crippen LogP contribution in [0, 0.1) is 0 Å². The van der Waals surface area contributed by atoms with E-state index in [1.807, 2.05) is 19.9 Å². The second-order valence-corrected chi connectivity index (χ2v) is 2.43. The molecule has 0 saturated heterocycles. The van der Waals surface area contributed by atoms with Crippen molar-refractivity contribution in [1.82, 2.24) is 0 Å². The molecule has 11 heavy (non-hydrogen) atoms. The van der Waals surface area contributed by atoms with Crippen LogP contribution in [0.15, 0.2) is 24.2 Å². The van der Waals surface area contributed by atoms with Crippen LogP contribution in [0.2, 0.25) is 0 Å². The van der Waals surface area contributed by atoms with Crippen LogP contribution in [0.4, 0.5) is 0 Å². The molecule has 0 aliphatic heterocycles. The van der Waals surface area contributed by atoms with E-state index in [2.05, 4.69) is 6.58 Å². The molecule has 0 aliphatic carbocycles. The van der Waals surface area contributed by atoms with Crippen LogP contribution in [0.5, 0.6) is 0 Å². The van der Waals surface area contributed by atoms with Crippen molar-refractivity contribution in [3.05, 3.63) is 24.2 Å². The topological polar surface area (TPSA) is 35.2 Å². The van der Waals surface area contributed by atoms with Gasteiger partial charge >= 0.3 is 0 Å². The van der Waals surface area contributed by atoms with Crippen molar-refractivity contribution in [2.75, 3.05) is 6.54 Å². The SMILES string of the molecule is C=C(CCCN)O/C(C)=C\C. The van der Waals surface area contributed by atoms with Gasteiger partial charge in [-0.15, -0.1) is 0 Å². The molecule has 0 rings (SSSR count). The number of allylic oxidation sites excluding steroid dienone is 3. The summed E-state index contributed by atoms with van der Waals surface area (Å²) < 4.78 is 5.31. The van der Waals surface area contributed by atoms with E-state index in [4.69, 9.17) is 10.5 Å². The first-order valence-electron chi connectivity index (χ1n) is 3.89. The van der Waals surface area contributed by atoms with Crippen LogP contribution in [0.25, 0.3) is 0 Å². The standard InChI is InChI=1S/C9H17NO/c1-4-8(2)11-9(3)6-5-7-10/h4H,3,5-7,10H2,1-2H3/b8-4-. The van der Waals surface area contributed by atoms with Gasteiger partial charge in [-0.2, -0.15) is 0 Å². The Labute approximate surface area is 68.7 Å². The van der Waals surface area contributed by atoms with Gasteiger partial charge in [0, 0.05) is 6.42 Å². The predicted molar refractivity (Wildman–Crippen MR) is 47.9 cm³/mol. The second kappa shape index (κ2) is 5.98. The summed E-state index contributed by atoms with van der Waals surface area (Å²) in [6, 6.07) is 0. The highest BCUT2D eigenvalue weighted by atomic mass is 16.5. The Morgan fingerprint density at radius 2 is 2.27 bits per heavy atom. The lowest BCUT2D eigenvalue weighted by molar-refractivity contribution is 0.292. The summed E-state index contributed by atoms with van der Waals surface area (Å²) in [7, 11) is 0. The van der Waals surface area contributed by atoms with Gasteiger partial charge in [0.1, 0.15) is 0 Å². The minimum atomic E-state index is 0.692. The zero-order valence-electron chi connectivity index (χ0n) is 7.39. The average molecular weight is 155 g/mol. The molecule has 0 spiro atoms. The van der Waals surface area contributed by atoms with Crippen molar-refractivity contribution >= 4 is 0 Å². The summed E-state index contributed by atoms with van der Waals surface area (Å²) in [5.74, 6) is 1.69. The molecular formula is C9H17NO. The molecule has 2 heteroatoms. The normalized spacial score (nSPS) is 11.4. The molecule has 2 N–H and O–H groups in total. The first kappa shape index (κ1) is 10.2. The van der Waals surface area contributed by atoms with Crippen LogP contribution >= 0.6 is 0 Å². The zero-order valence-corrected chi connectivity index (χ0v) is 7.39. The monoisotopic (exact) mass is 155 g/mol. The van der Waals surface area contributed by atoms with Gasteiger partial charge in [-0.3, -0.25) is 0 Å². The van der Waals surface area contributed by atoms with E-state index >= 15 is 0 Å². The van der Waals surface area contributed by atoms with Crippen molar-refractivity contribution in [3.8, 4) is 0 Å². The Balaban J connectivity index is 3.53. The third-order valence-corrected chi connectivity index (χ3v) is 1.37. The summed E-state index contributed by atoms with van der Waals surface area (Å²) in [4.78, 5) is 0. The summed E-state index contributed by atoms with van der Waals surface area (Å²) in [6.07, 6.45) is 3.70. The zero-order chi connectivity index (χ0) is 8.69. The van der Waals surface area contributed by atoms with Crippen molar-refractivity contribution in [3.63, 3.8) is 0 Å². The Hall–Kier alpha value is -0.760. The molecule has 0 aromatic carbocycles. The van der Waals surface area contributed by atoms with Crippen molar-refractivity contribution < 1.29 is 4.74 Å². The number of ether oxygens (including phenoxy) is 1. The van der Waals surface area contributed by atoms with E-state index in [0.717, 1.165) is 24.4 Å². The Kier molecular flexibility index (Phi) is 5.57. The van der Waals surface area contributed by atoms with Crippen LogP contribution in [-0.2, 0) is 4.74 Å². The smallest absolute Gasteiger partial charge is 0.0964 e. The number of hydrogen-bond acceptors (Lipinski definition) is 2. The lowest BCUT2D eigenvalue weighted by Gasteiger charge is -2.07. The second-order valence-electron chi connectivity index (χ2n) is 2.43. The van der Waals surface area contributed by atoms with Gasteiger partial charge in [0.05, 0.1) is 11.5 Å². The molecule has 0 radical (unpaired) electrons. The molecule has 0 aliphatic rings. The first-order chi connectivity index (χ1) is 5.20. The summed E-state index contributed by atoms with van der Waals surface area (Å²) in [6.45, 7) is 8.30. The molecule has 0 atom stereocenters. The minimum Gasteiger partial charge on any atom is -0.467 e. The van der Waals surface area contributed by atoms with Crippen LogP contribution < -0.4 is 5.73 Å². The van der Waals surface area contributed by atoms with Crippen molar-refractivity contribution in [2.45, 2.75) is 26.7 Å². The van der Waals surface area contributed by atoms with E-state index in [1.165, 1.54) is 0 Å². The van der Waals surface area contributed by atoms with E-state index in [1.54, 1.807) is 0 Å². The fourth-order valence-electron chi connectivity index (χ4n) is 0.637. The fourth-order valence-corrected chi connectivity index (χ4v) is 0.637. The summed E-state index contributed by atoms with van der Waals surface area (Å²) in [5, 5.41) is 0. The number of nitrogens with two attached hydrogens (primary N) is 1. The molecule has 0 bridgehead atoms. The predicted octanol–water partition coefficient (Wildman–Crippen LogP) is 2.18. The molecule has 0 aromatic heterocycles. The lowest BCUT2D eigenvalue weighted by atomic mass is 10.3. The maximum Gasteiger partial charge on any atom is 0.0964 e. The maximum atomic E-state index is 5.33. The molecule has 0 saturated carbocycles. The lowest BCUT2D eigenvalue weighted by Crippen LogP contribution is -1.99. The van der Waals surface area contributed by atoms with Gasteiger partial charge in [0.15, 0.2) is 0 Å². The average Bonchev–Trinajstić information content (AvgIpc) is 2.00. The fraction of sp³-hybridized carbons (Fsp3) is 0.556. The van der Waals surface area contributed by atoms with Gasteiger partial charge in [0.25, 0.3) is 0 Å². The highest BCUT2D eigenvalue weighted by molar-refractivity contribution is 4.93. The molecule has 0 aromatic rings. The Bertz CT molecular complexity index is 150. The van der Waals surface area contributed by atoms with E-state index < -0.39 is 0 Å². The minimum absolute atomic E-state index is 0.692. The molecule has 0 unspecified atom stereocenters. The molecule has 0 fully saturated rings. The Morgan fingerprint density at radius 3 is 2.73 bits per heavy atom. The van der Waals surface area contributed by atoms with Crippen molar-refractivity contribution in [2.24, 2.45) is 5.73 Å². The molecule has 0 amide bonds. The van der Waals surface area contributed by atoms with E-state index in [-0.39, 0.29) is 0 Å². The quantitative estimate of drug-likeness (QED) is 0.617. The van der Waals surface area contributed by atoms with Gasteiger partial charge in [-0.05, 0) is 32.9 Å². The number of hydrogen-bond donors (Lipinski definition) is 1. The Morgan fingerprint density at radius 1 is 1.64 bits per heavy atom. The molecule has 64 valence electrons. The summed E-state index contributed by atoms with van der Waals surface area (Å²) >= 11 is 0. The van der Waals surface area contributed by atoms with Crippen LogP contribution in [0.3, 0.4) is 0 Å². The van der Waals surface area contributed by atoms with Gasteiger partial charge in [0.2, 0.25) is 0 Å². The maximum absolute atomic E-state index is 5.33. The first-order valence-corrected chi connectivity index (χ1v) is 3.89. The highest BCUT2D eigenvalue weighted by Crippen LogP contribution is 2.08. The van der Waals surface area contributed by atoms with Gasteiger partial charge in [-0.25, -0.2) is 0 Å². The number of rotatable bonds is 5. The third-order valence-electron chi connectivity index (χ3n) is 1.37. The largest absolute Gasteiger partial charge is 0.467 e. The van der Waals surface area contributed by atoms with E-state index in [9.17, 15) is 0 Å². The third kappa shape index (κ3) is 5.67. The van der Waals surface area contributed by atoms with Crippen molar-refractivity contribution in [1.29, 1.82) is 0 Å². The molecule has 2 nitrogen and oxygen atoms in total. The summed E-state index contributed by atoms with van der Waals surface area (Å²) in [5.41, 5.74) is 5.33. The van der Waals surface area contributed by atoms with E-state index in [0.29, 0.717) is 6.54 Å². The molecule has 0 heterocycles. The highest BCUT2D eigenvalue weighted by Gasteiger charge is 1.94. The van der Waals surface area contributed by atoms with Crippen LogP contribution in [-0.4, -0.2) is 6.54 Å². The molecular weight excluding hydrogens is 138 g/mol. The van der Waals surface area contributed by atoms with Gasteiger partial charge in [-0.1, -0.05) is 6.58 Å². The van der Waals surface area contributed by atoms with Crippen LogP contribution in [0.1, 0.15) is 26.7 Å². The van der Waals surface area contributed by atoms with Gasteiger partial charge < -0.3 is 10.5 Å².